The van der Waals surface area contributed by atoms with Crippen LogP contribution in [-0.4, -0.2) is 61.6 Å². The highest BCUT2D eigenvalue weighted by atomic mass is 35.5. The van der Waals surface area contributed by atoms with Crippen molar-refractivity contribution in [1.29, 1.82) is 0 Å². The zero-order valence-corrected chi connectivity index (χ0v) is 15.0. The van der Waals surface area contributed by atoms with Gasteiger partial charge in [0.15, 0.2) is 0 Å². The number of nitrogens with one attached hydrogen (secondary N) is 1. The van der Waals surface area contributed by atoms with Gasteiger partial charge in [0, 0.05) is 55.8 Å². The molecule has 1 atom stereocenters. The third-order valence-corrected chi connectivity index (χ3v) is 5.18. The molecule has 1 aromatic carbocycles. The van der Waals surface area contributed by atoms with Crippen molar-refractivity contribution in [3.63, 3.8) is 0 Å². The first kappa shape index (κ1) is 17.5. The summed E-state index contributed by atoms with van der Waals surface area (Å²) in [6.45, 7) is 5.23. The van der Waals surface area contributed by atoms with E-state index in [0.717, 1.165) is 62.0 Å². The van der Waals surface area contributed by atoms with Crippen LogP contribution in [0.5, 0.6) is 5.75 Å². The van der Waals surface area contributed by atoms with Crippen LogP contribution >= 0.6 is 11.6 Å². The highest BCUT2D eigenvalue weighted by Crippen LogP contribution is 2.24. The number of rotatable bonds is 5. The largest absolute Gasteiger partial charge is 0.496 e. The van der Waals surface area contributed by atoms with Crippen LogP contribution < -0.4 is 10.1 Å². The third kappa shape index (κ3) is 4.41. The van der Waals surface area contributed by atoms with Gasteiger partial charge in [-0.15, -0.1) is 0 Å². The molecule has 0 radical (unpaired) electrons. The van der Waals surface area contributed by atoms with Crippen molar-refractivity contribution in [3.8, 4) is 5.75 Å². The monoisotopic (exact) mass is 351 g/mol. The summed E-state index contributed by atoms with van der Waals surface area (Å²) in [6.07, 6.45) is 2.95. The Labute approximate surface area is 148 Å². The van der Waals surface area contributed by atoms with Gasteiger partial charge in [0.1, 0.15) is 5.75 Å². The maximum absolute atomic E-state index is 12.4. The molecule has 5 nitrogen and oxygen atoms in total. The van der Waals surface area contributed by atoms with Crippen LogP contribution in [0.2, 0.25) is 5.02 Å². The minimum Gasteiger partial charge on any atom is -0.496 e. The maximum Gasteiger partial charge on any atom is 0.224 e. The molecule has 2 aliphatic rings. The van der Waals surface area contributed by atoms with Gasteiger partial charge in [-0.2, -0.15) is 0 Å². The first-order valence-electron chi connectivity index (χ1n) is 8.71. The third-order valence-electron chi connectivity index (χ3n) is 4.94. The minimum absolute atomic E-state index is 0.286. The first-order valence-corrected chi connectivity index (χ1v) is 9.09. The lowest BCUT2D eigenvalue weighted by Gasteiger charge is -2.35. The number of ether oxygens (including phenoxy) is 1. The minimum atomic E-state index is 0.286. The number of halogens is 1. The highest BCUT2D eigenvalue weighted by molar-refractivity contribution is 6.30. The predicted octanol–water partition coefficient (Wildman–Crippen LogP) is 2.13. The Morgan fingerprint density at radius 2 is 2.12 bits per heavy atom. The number of carbonyl (C=O) groups excluding carboxylic acids is 1. The van der Waals surface area contributed by atoms with Crippen LogP contribution in [0.3, 0.4) is 0 Å². The molecular formula is C18H26ClN3O2. The number of hydrogen-bond acceptors (Lipinski definition) is 4. The van der Waals surface area contributed by atoms with E-state index in [1.165, 1.54) is 6.42 Å². The summed E-state index contributed by atoms with van der Waals surface area (Å²) in [5.74, 6) is 1.15. The van der Waals surface area contributed by atoms with Crippen LogP contribution in [0, 0.1) is 0 Å². The van der Waals surface area contributed by atoms with Crippen molar-refractivity contribution in [3.05, 3.63) is 28.8 Å². The Kier molecular flexibility index (Phi) is 5.98. The fraction of sp³-hybridized carbons (Fsp3) is 0.611. The number of benzene rings is 1. The Balaban J connectivity index is 1.50. The van der Waals surface area contributed by atoms with Gasteiger partial charge in [0.25, 0.3) is 0 Å². The lowest BCUT2D eigenvalue weighted by atomic mass is 10.1. The summed E-state index contributed by atoms with van der Waals surface area (Å²) >= 11 is 6.10. The van der Waals surface area contributed by atoms with Gasteiger partial charge in [-0.25, -0.2) is 0 Å². The van der Waals surface area contributed by atoms with Gasteiger partial charge < -0.3 is 15.0 Å². The molecule has 0 aromatic heterocycles. The number of piperazine rings is 1. The Bertz CT molecular complexity index is 567. The fourth-order valence-electron chi connectivity index (χ4n) is 3.54. The standard InChI is InChI=1S/C18H26ClN3O2/c1-24-17-5-4-15(19)11-14(17)13-21-7-9-22(10-8-21)18(23)12-16-3-2-6-20-16/h4-5,11,16,20H,2-3,6-10,12-13H2,1H3. The summed E-state index contributed by atoms with van der Waals surface area (Å²) in [7, 11) is 1.68. The van der Waals surface area contributed by atoms with Gasteiger partial charge in [-0.05, 0) is 37.6 Å². The summed E-state index contributed by atoms with van der Waals surface area (Å²) in [5.41, 5.74) is 1.10. The molecule has 1 N–H and O–H groups in total. The first-order chi connectivity index (χ1) is 11.7. The van der Waals surface area contributed by atoms with E-state index in [4.69, 9.17) is 16.3 Å². The quantitative estimate of drug-likeness (QED) is 0.882. The molecule has 0 aliphatic carbocycles. The topological polar surface area (TPSA) is 44.8 Å². The molecule has 132 valence electrons. The van der Waals surface area contributed by atoms with E-state index in [-0.39, 0.29) is 5.91 Å². The van der Waals surface area contributed by atoms with Gasteiger partial charge in [-0.1, -0.05) is 11.6 Å². The average Bonchev–Trinajstić information content (AvgIpc) is 3.09. The SMILES string of the molecule is COc1ccc(Cl)cc1CN1CCN(C(=O)CC2CCCN2)CC1. The lowest BCUT2D eigenvalue weighted by molar-refractivity contribution is -0.133. The van der Waals surface area contributed by atoms with E-state index < -0.39 is 0 Å². The van der Waals surface area contributed by atoms with Gasteiger partial charge in [-0.3, -0.25) is 9.69 Å². The molecule has 1 aromatic rings. The molecule has 2 aliphatic heterocycles. The van der Waals surface area contributed by atoms with Gasteiger partial charge >= 0.3 is 0 Å². The molecule has 3 rings (SSSR count). The van der Waals surface area contributed by atoms with Crippen molar-refractivity contribution >= 4 is 17.5 Å². The zero-order chi connectivity index (χ0) is 16.9. The van der Waals surface area contributed by atoms with Crippen molar-refractivity contribution in [2.24, 2.45) is 0 Å². The number of carbonyl (C=O) groups is 1. The Morgan fingerprint density at radius 1 is 1.33 bits per heavy atom. The second kappa shape index (κ2) is 8.19. The molecule has 2 saturated heterocycles. The number of hydrogen-bond donors (Lipinski definition) is 1. The Morgan fingerprint density at radius 3 is 2.79 bits per heavy atom. The van der Waals surface area contributed by atoms with Crippen LogP contribution in [-0.2, 0) is 11.3 Å². The number of amides is 1. The summed E-state index contributed by atoms with van der Waals surface area (Å²) in [6, 6.07) is 6.10. The zero-order valence-electron chi connectivity index (χ0n) is 14.3. The van der Waals surface area contributed by atoms with Crippen molar-refractivity contribution in [2.45, 2.75) is 31.8 Å². The molecule has 1 amide bonds. The van der Waals surface area contributed by atoms with Crippen LogP contribution in [0.15, 0.2) is 18.2 Å². The van der Waals surface area contributed by atoms with Crippen LogP contribution in [0.1, 0.15) is 24.8 Å². The van der Waals surface area contributed by atoms with E-state index in [0.29, 0.717) is 12.5 Å². The summed E-state index contributed by atoms with van der Waals surface area (Å²) in [5, 5.41) is 4.13. The molecule has 0 spiro atoms. The normalized spacial score (nSPS) is 21.9. The second-order valence-corrected chi connectivity index (χ2v) is 7.05. The van der Waals surface area contributed by atoms with Gasteiger partial charge in [0.2, 0.25) is 5.91 Å². The summed E-state index contributed by atoms with van der Waals surface area (Å²) < 4.78 is 5.42. The summed E-state index contributed by atoms with van der Waals surface area (Å²) in [4.78, 5) is 16.8. The second-order valence-electron chi connectivity index (χ2n) is 6.61. The molecule has 2 fully saturated rings. The number of methoxy groups -OCH3 is 1. The van der Waals surface area contributed by atoms with Crippen molar-refractivity contribution in [1.82, 2.24) is 15.1 Å². The van der Waals surface area contributed by atoms with E-state index in [1.54, 1.807) is 7.11 Å². The van der Waals surface area contributed by atoms with E-state index in [2.05, 4.69) is 10.2 Å². The van der Waals surface area contributed by atoms with E-state index in [1.807, 2.05) is 23.1 Å². The smallest absolute Gasteiger partial charge is 0.224 e. The average molecular weight is 352 g/mol. The van der Waals surface area contributed by atoms with E-state index >= 15 is 0 Å². The molecule has 0 bridgehead atoms. The lowest BCUT2D eigenvalue weighted by Crippen LogP contribution is -2.49. The molecular weight excluding hydrogens is 326 g/mol. The number of nitrogens with zero attached hydrogens (tertiary/aromatic N) is 2. The van der Waals surface area contributed by atoms with Crippen LogP contribution in [0.25, 0.3) is 0 Å². The molecule has 2 heterocycles. The molecule has 0 saturated carbocycles. The molecule has 1 unspecified atom stereocenters. The van der Waals surface area contributed by atoms with Crippen molar-refractivity contribution < 1.29 is 9.53 Å². The molecule has 24 heavy (non-hydrogen) atoms. The molecule has 6 heteroatoms. The van der Waals surface area contributed by atoms with Crippen molar-refractivity contribution in [2.75, 3.05) is 39.8 Å². The van der Waals surface area contributed by atoms with E-state index in [9.17, 15) is 4.79 Å². The van der Waals surface area contributed by atoms with Crippen LogP contribution in [0.4, 0.5) is 0 Å². The predicted molar refractivity (Wildman–Crippen MR) is 95.5 cm³/mol. The fourth-order valence-corrected chi connectivity index (χ4v) is 3.73. The highest BCUT2D eigenvalue weighted by Gasteiger charge is 2.25. The Hall–Kier alpha value is -1.30. The van der Waals surface area contributed by atoms with Gasteiger partial charge in [0.05, 0.1) is 7.11 Å². The maximum atomic E-state index is 12.4.